The number of likely N-dealkylation sites (N-methyl/N-ethyl adjacent to an activating group) is 1. The first-order chi connectivity index (χ1) is 15.9. The molecule has 33 heavy (non-hydrogen) atoms. The maximum Gasteiger partial charge on any atom is 0.270 e. The van der Waals surface area contributed by atoms with Crippen molar-refractivity contribution in [3.8, 4) is 0 Å². The van der Waals surface area contributed by atoms with Gasteiger partial charge in [0.15, 0.2) is 0 Å². The predicted molar refractivity (Wildman–Crippen MR) is 126 cm³/mol. The van der Waals surface area contributed by atoms with E-state index in [4.69, 9.17) is 0 Å². The third-order valence-electron chi connectivity index (χ3n) is 6.27. The minimum absolute atomic E-state index is 0.0109. The summed E-state index contributed by atoms with van der Waals surface area (Å²) in [5, 5.41) is 14.7. The number of hydrogen-bond acceptors (Lipinski definition) is 5. The Kier molecular flexibility index (Phi) is 6.60. The first kappa shape index (κ1) is 22.7. The molecule has 1 N–H and O–H groups in total. The van der Waals surface area contributed by atoms with Crippen molar-refractivity contribution in [1.29, 1.82) is 0 Å². The maximum absolute atomic E-state index is 14.1. The quantitative estimate of drug-likeness (QED) is 0.436. The molecule has 1 aromatic heterocycles. The van der Waals surface area contributed by atoms with Gasteiger partial charge in [-0.1, -0.05) is 6.92 Å². The van der Waals surface area contributed by atoms with E-state index in [1.165, 1.54) is 24.3 Å². The topological polar surface area (TPSA) is 83.6 Å². The van der Waals surface area contributed by atoms with Crippen LogP contribution in [-0.2, 0) is 11.3 Å². The lowest BCUT2D eigenvalue weighted by Crippen LogP contribution is -2.46. The van der Waals surface area contributed by atoms with Gasteiger partial charge in [0, 0.05) is 66.7 Å². The lowest BCUT2D eigenvalue weighted by Gasteiger charge is -2.37. The van der Waals surface area contributed by atoms with Crippen LogP contribution in [0.5, 0.6) is 0 Å². The fourth-order valence-electron chi connectivity index (χ4n) is 4.42. The molecule has 0 bridgehead atoms. The van der Waals surface area contributed by atoms with Crippen molar-refractivity contribution in [2.45, 2.75) is 26.4 Å². The van der Waals surface area contributed by atoms with E-state index in [0.29, 0.717) is 5.39 Å². The number of nitro groups is 1. The van der Waals surface area contributed by atoms with E-state index >= 15 is 0 Å². The van der Waals surface area contributed by atoms with E-state index in [1.807, 2.05) is 6.92 Å². The molecule has 1 atom stereocenters. The first-order valence-electron chi connectivity index (χ1n) is 11.1. The number of benzene rings is 2. The Morgan fingerprint density at radius 3 is 2.61 bits per heavy atom. The van der Waals surface area contributed by atoms with Gasteiger partial charge in [-0.25, -0.2) is 4.39 Å². The number of halogens is 1. The molecule has 9 heteroatoms. The van der Waals surface area contributed by atoms with E-state index in [-0.39, 0.29) is 30.0 Å². The second kappa shape index (κ2) is 9.58. The highest BCUT2D eigenvalue weighted by Crippen LogP contribution is 2.29. The Hall–Kier alpha value is -3.46. The maximum atomic E-state index is 14.1. The number of carbonyl (C=O) groups excluding carboxylic acids is 1. The number of nitrogens with zero attached hydrogens (tertiary/aromatic N) is 4. The van der Waals surface area contributed by atoms with E-state index in [1.54, 1.807) is 29.0 Å². The van der Waals surface area contributed by atoms with Crippen LogP contribution in [-0.4, -0.2) is 53.0 Å². The van der Waals surface area contributed by atoms with Gasteiger partial charge in [-0.3, -0.25) is 14.9 Å². The monoisotopic (exact) mass is 453 g/mol. The van der Waals surface area contributed by atoms with Crippen molar-refractivity contribution in [3.05, 3.63) is 70.2 Å². The standard InChI is InChI=1S/C24H28FN5O3/c1-3-27-10-12-28(13-11-27)23-6-4-19(25)15-21(23)17(2)26-24(31)16-29-9-8-18-14-20(30(32)33)5-7-22(18)29/h4-9,14-15,17H,3,10-13,16H2,1-2H3,(H,26,31). The number of hydrogen-bond donors (Lipinski definition) is 1. The van der Waals surface area contributed by atoms with Crippen LogP contribution in [0.3, 0.4) is 0 Å². The number of carbonyl (C=O) groups is 1. The third kappa shape index (κ3) is 4.98. The molecule has 1 aliphatic heterocycles. The number of amides is 1. The van der Waals surface area contributed by atoms with Crippen molar-refractivity contribution in [2.75, 3.05) is 37.6 Å². The first-order valence-corrected chi connectivity index (χ1v) is 11.1. The van der Waals surface area contributed by atoms with Crippen molar-refractivity contribution < 1.29 is 14.1 Å². The summed E-state index contributed by atoms with van der Waals surface area (Å²) in [4.78, 5) is 28.0. The number of rotatable bonds is 7. The predicted octanol–water partition coefficient (Wildman–Crippen LogP) is 3.71. The highest BCUT2D eigenvalue weighted by atomic mass is 19.1. The van der Waals surface area contributed by atoms with Gasteiger partial charge in [0.25, 0.3) is 5.69 Å². The number of fused-ring (bicyclic) bond motifs is 1. The Morgan fingerprint density at radius 1 is 1.15 bits per heavy atom. The second-order valence-electron chi connectivity index (χ2n) is 8.36. The molecular weight excluding hydrogens is 425 g/mol. The summed E-state index contributed by atoms with van der Waals surface area (Å²) >= 11 is 0. The molecule has 1 amide bonds. The lowest BCUT2D eigenvalue weighted by atomic mass is 10.0. The largest absolute Gasteiger partial charge is 0.369 e. The fourth-order valence-corrected chi connectivity index (χ4v) is 4.42. The summed E-state index contributed by atoms with van der Waals surface area (Å²) in [5.41, 5.74) is 2.44. The van der Waals surface area contributed by atoms with Crippen LogP contribution in [0.2, 0.25) is 0 Å². The van der Waals surface area contributed by atoms with Crippen molar-refractivity contribution in [1.82, 2.24) is 14.8 Å². The summed E-state index contributed by atoms with van der Waals surface area (Å²) in [6.45, 7) is 8.69. The smallest absolute Gasteiger partial charge is 0.270 e. The number of anilines is 1. The number of nitrogens with one attached hydrogen (secondary N) is 1. The Labute approximate surface area is 191 Å². The molecule has 174 valence electrons. The molecule has 0 saturated carbocycles. The molecule has 2 heterocycles. The van der Waals surface area contributed by atoms with Crippen LogP contribution in [0.25, 0.3) is 10.9 Å². The average Bonchev–Trinajstić information content (AvgIpc) is 3.20. The SMILES string of the molecule is CCN1CCN(c2ccc(F)cc2C(C)NC(=O)Cn2ccc3cc([N+](=O)[O-])ccc32)CC1. The molecule has 3 aromatic rings. The van der Waals surface area contributed by atoms with Gasteiger partial charge in [0.1, 0.15) is 12.4 Å². The molecule has 4 rings (SSSR count). The number of non-ortho nitro benzene ring substituents is 1. The van der Waals surface area contributed by atoms with Crippen LogP contribution >= 0.6 is 0 Å². The van der Waals surface area contributed by atoms with Crippen molar-refractivity contribution >= 4 is 28.2 Å². The molecule has 8 nitrogen and oxygen atoms in total. The zero-order valence-corrected chi connectivity index (χ0v) is 18.8. The molecule has 1 aliphatic rings. The molecule has 0 spiro atoms. The van der Waals surface area contributed by atoms with Crippen LogP contribution in [0.1, 0.15) is 25.5 Å². The second-order valence-corrected chi connectivity index (χ2v) is 8.36. The summed E-state index contributed by atoms with van der Waals surface area (Å²) in [7, 11) is 0. The van der Waals surface area contributed by atoms with Gasteiger partial charge >= 0.3 is 0 Å². The molecule has 0 aliphatic carbocycles. The van der Waals surface area contributed by atoms with Gasteiger partial charge in [-0.15, -0.1) is 0 Å². The zero-order valence-electron chi connectivity index (χ0n) is 18.8. The van der Waals surface area contributed by atoms with Crippen LogP contribution < -0.4 is 10.2 Å². The number of aromatic nitrogens is 1. The average molecular weight is 454 g/mol. The van der Waals surface area contributed by atoms with Gasteiger partial charge in [-0.05, 0) is 43.8 Å². The summed E-state index contributed by atoms with van der Waals surface area (Å²) in [5.74, 6) is -0.551. The Bertz CT molecular complexity index is 1170. The third-order valence-corrected chi connectivity index (χ3v) is 6.27. The number of piperazine rings is 1. The van der Waals surface area contributed by atoms with Crippen LogP contribution in [0.4, 0.5) is 15.8 Å². The molecule has 1 saturated heterocycles. The van der Waals surface area contributed by atoms with E-state index in [0.717, 1.165) is 49.5 Å². The van der Waals surface area contributed by atoms with E-state index < -0.39 is 4.92 Å². The van der Waals surface area contributed by atoms with E-state index in [2.05, 4.69) is 22.0 Å². The summed E-state index contributed by atoms with van der Waals surface area (Å²) in [6.07, 6.45) is 1.74. The molecule has 2 aromatic carbocycles. The van der Waals surface area contributed by atoms with Crippen LogP contribution in [0.15, 0.2) is 48.7 Å². The van der Waals surface area contributed by atoms with Crippen molar-refractivity contribution in [3.63, 3.8) is 0 Å². The number of nitro benzene ring substituents is 1. The Balaban J connectivity index is 1.48. The van der Waals surface area contributed by atoms with Gasteiger partial charge in [-0.2, -0.15) is 0 Å². The normalized spacial score (nSPS) is 15.5. The molecule has 1 unspecified atom stereocenters. The van der Waals surface area contributed by atoms with E-state index in [9.17, 15) is 19.3 Å². The molecule has 1 fully saturated rings. The van der Waals surface area contributed by atoms with Gasteiger partial charge < -0.3 is 19.7 Å². The molecule has 0 radical (unpaired) electrons. The zero-order chi connectivity index (χ0) is 23.5. The summed E-state index contributed by atoms with van der Waals surface area (Å²) in [6, 6.07) is 10.7. The Morgan fingerprint density at radius 2 is 1.91 bits per heavy atom. The minimum Gasteiger partial charge on any atom is -0.369 e. The molecular formula is C24H28FN5O3. The van der Waals surface area contributed by atoms with Gasteiger partial charge in [0.2, 0.25) is 5.91 Å². The van der Waals surface area contributed by atoms with Crippen LogP contribution in [0, 0.1) is 15.9 Å². The fraction of sp³-hybridized carbons (Fsp3) is 0.375. The highest BCUT2D eigenvalue weighted by molar-refractivity contribution is 5.85. The lowest BCUT2D eigenvalue weighted by molar-refractivity contribution is -0.384. The van der Waals surface area contributed by atoms with Gasteiger partial charge in [0.05, 0.1) is 11.0 Å². The minimum atomic E-state index is -0.441. The highest BCUT2D eigenvalue weighted by Gasteiger charge is 2.22. The van der Waals surface area contributed by atoms with Crippen molar-refractivity contribution in [2.24, 2.45) is 0 Å². The summed E-state index contributed by atoms with van der Waals surface area (Å²) < 4.78 is 15.9.